The Morgan fingerprint density at radius 3 is 2.67 bits per heavy atom. The maximum atomic E-state index is 8.93. The van der Waals surface area contributed by atoms with Crippen molar-refractivity contribution in [3.8, 4) is 6.07 Å². The third-order valence-electron chi connectivity index (χ3n) is 8.15. The minimum absolute atomic E-state index is 0.0245. The van der Waals surface area contributed by atoms with Crippen LogP contribution in [0.1, 0.15) is 86.8 Å². The molecular formula is C28H35N3O2. The highest BCUT2D eigenvalue weighted by Crippen LogP contribution is 2.49. The first-order valence-electron chi connectivity index (χ1n) is 12.6. The smallest absolute Gasteiger partial charge is 0.134 e. The number of nitrogens with one attached hydrogen (secondary N) is 1. The molecule has 3 aliphatic rings. The molecule has 5 nitrogen and oxygen atoms in total. The minimum atomic E-state index is 0.0245. The predicted octanol–water partition coefficient (Wildman–Crippen LogP) is 5.54. The number of rotatable bonds is 7. The molecule has 1 aromatic heterocycles. The fourth-order valence-electron chi connectivity index (χ4n) is 6.56. The summed E-state index contributed by atoms with van der Waals surface area (Å²) in [5.74, 6) is 0. The van der Waals surface area contributed by atoms with Gasteiger partial charge in [0.2, 0.25) is 0 Å². The first kappa shape index (κ1) is 22.5. The van der Waals surface area contributed by atoms with Crippen LogP contribution in [-0.4, -0.2) is 30.3 Å². The summed E-state index contributed by atoms with van der Waals surface area (Å²) in [6.45, 7) is 1.93. The molecule has 1 aromatic carbocycles. The third kappa shape index (κ3) is 4.71. The van der Waals surface area contributed by atoms with Gasteiger partial charge in [-0.05, 0) is 74.8 Å². The van der Waals surface area contributed by atoms with Crippen LogP contribution in [0.15, 0.2) is 48.7 Å². The average molecular weight is 446 g/mol. The summed E-state index contributed by atoms with van der Waals surface area (Å²) in [5.41, 5.74) is 3.90. The van der Waals surface area contributed by atoms with Crippen LogP contribution >= 0.6 is 0 Å². The summed E-state index contributed by atoms with van der Waals surface area (Å²) in [6, 6.07) is 17.4. The standard InChI is InChI=1S/C28H35N3O2/c29-16-20-32-25-11-10-24(22-7-1-2-8-23(22)25)30-18-14-27(26-9-3-6-17-31-26)15-19-33-28(21-27)12-4-5-13-28/h1-3,6-9,17,24-25,30H,4-5,10-15,18-21H2/t24-,25-,27+/m0/s1. The van der Waals surface area contributed by atoms with E-state index in [9.17, 15) is 0 Å². The van der Waals surface area contributed by atoms with Crippen molar-refractivity contribution in [3.63, 3.8) is 0 Å². The van der Waals surface area contributed by atoms with Crippen LogP contribution in [0.5, 0.6) is 0 Å². The zero-order valence-corrected chi connectivity index (χ0v) is 19.5. The van der Waals surface area contributed by atoms with Gasteiger partial charge in [0.1, 0.15) is 6.61 Å². The van der Waals surface area contributed by atoms with Crippen molar-refractivity contribution < 1.29 is 9.47 Å². The molecule has 0 bridgehead atoms. The van der Waals surface area contributed by atoms with E-state index in [1.54, 1.807) is 0 Å². The van der Waals surface area contributed by atoms with Crippen LogP contribution in [0.4, 0.5) is 0 Å². The second-order valence-electron chi connectivity index (χ2n) is 10.1. The zero-order valence-electron chi connectivity index (χ0n) is 19.5. The molecule has 2 heterocycles. The van der Waals surface area contributed by atoms with Crippen LogP contribution in [0.25, 0.3) is 0 Å². The Balaban J connectivity index is 1.31. The van der Waals surface area contributed by atoms with E-state index < -0.39 is 0 Å². The molecule has 174 valence electrons. The predicted molar refractivity (Wildman–Crippen MR) is 128 cm³/mol. The Kier molecular flexibility index (Phi) is 6.78. The fourth-order valence-corrected chi connectivity index (χ4v) is 6.56. The van der Waals surface area contributed by atoms with Crippen LogP contribution in [-0.2, 0) is 14.9 Å². The van der Waals surface area contributed by atoms with Gasteiger partial charge in [-0.3, -0.25) is 4.98 Å². The van der Waals surface area contributed by atoms with Gasteiger partial charge < -0.3 is 14.8 Å². The average Bonchev–Trinajstić information content (AvgIpc) is 3.31. The van der Waals surface area contributed by atoms with E-state index in [-0.39, 0.29) is 23.7 Å². The highest BCUT2D eigenvalue weighted by molar-refractivity contribution is 5.34. The van der Waals surface area contributed by atoms with Crippen molar-refractivity contribution in [3.05, 3.63) is 65.5 Å². The first-order chi connectivity index (χ1) is 16.2. The maximum Gasteiger partial charge on any atom is 0.134 e. The van der Waals surface area contributed by atoms with E-state index in [1.807, 2.05) is 12.3 Å². The molecule has 5 heteroatoms. The Morgan fingerprint density at radius 1 is 1.06 bits per heavy atom. The van der Waals surface area contributed by atoms with E-state index in [0.29, 0.717) is 6.04 Å². The highest BCUT2D eigenvalue weighted by Gasteiger charge is 2.48. The molecule has 0 unspecified atom stereocenters. The van der Waals surface area contributed by atoms with E-state index in [2.05, 4.69) is 47.8 Å². The Labute approximate surface area is 197 Å². The number of fused-ring (bicyclic) bond motifs is 1. The molecule has 0 amide bonds. The number of hydrogen-bond acceptors (Lipinski definition) is 5. The Bertz CT molecular complexity index is 967. The normalized spacial score (nSPS) is 28.3. The largest absolute Gasteiger partial charge is 0.375 e. The van der Waals surface area contributed by atoms with Crippen molar-refractivity contribution in [2.24, 2.45) is 0 Å². The maximum absolute atomic E-state index is 8.93. The third-order valence-corrected chi connectivity index (χ3v) is 8.15. The van der Waals surface area contributed by atoms with Crippen LogP contribution in [0, 0.1) is 11.3 Å². The van der Waals surface area contributed by atoms with Crippen molar-refractivity contribution in [2.75, 3.05) is 19.8 Å². The van der Waals surface area contributed by atoms with Gasteiger partial charge in [-0.1, -0.05) is 43.2 Å². The summed E-state index contributed by atoms with van der Waals surface area (Å²) in [4.78, 5) is 4.84. The lowest BCUT2D eigenvalue weighted by molar-refractivity contribution is -0.104. The lowest BCUT2D eigenvalue weighted by Gasteiger charge is -2.46. The molecule has 1 aliphatic heterocycles. The number of hydrogen-bond donors (Lipinski definition) is 1. The van der Waals surface area contributed by atoms with Gasteiger partial charge in [-0.2, -0.15) is 5.26 Å². The highest BCUT2D eigenvalue weighted by atomic mass is 16.5. The first-order valence-corrected chi connectivity index (χ1v) is 12.6. The summed E-state index contributed by atoms with van der Waals surface area (Å²) < 4.78 is 12.2. The van der Waals surface area contributed by atoms with Crippen LogP contribution in [0.3, 0.4) is 0 Å². The number of benzene rings is 1. The minimum Gasteiger partial charge on any atom is -0.375 e. The molecule has 1 saturated carbocycles. The van der Waals surface area contributed by atoms with Gasteiger partial charge in [-0.15, -0.1) is 0 Å². The fraction of sp³-hybridized carbons (Fsp3) is 0.571. The van der Waals surface area contributed by atoms with E-state index in [4.69, 9.17) is 19.7 Å². The van der Waals surface area contributed by atoms with Crippen molar-refractivity contribution in [1.82, 2.24) is 10.3 Å². The summed E-state index contributed by atoms with van der Waals surface area (Å²) in [7, 11) is 0. The molecule has 1 N–H and O–H groups in total. The molecule has 2 fully saturated rings. The number of nitrogens with zero attached hydrogens (tertiary/aromatic N) is 2. The van der Waals surface area contributed by atoms with Crippen molar-refractivity contribution in [1.29, 1.82) is 5.26 Å². The summed E-state index contributed by atoms with van der Waals surface area (Å²) >= 11 is 0. The number of pyridine rings is 1. The molecule has 1 saturated heterocycles. The van der Waals surface area contributed by atoms with Crippen LogP contribution in [0.2, 0.25) is 0 Å². The molecule has 0 radical (unpaired) electrons. The SMILES string of the molecule is N#CCO[C@H]1CC[C@H](NCC[C@@]2(c3ccccn3)CCOC3(CCCC3)C2)c2ccccc21. The second-order valence-corrected chi connectivity index (χ2v) is 10.1. The second kappa shape index (κ2) is 9.93. The molecule has 2 aliphatic carbocycles. The van der Waals surface area contributed by atoms with Crippen molar-refractivity contribution >= 4 is 0 Å². The molecule has 2 aromatic rings. The quantitative estimate of drug-likeness (QED) is 0.606. The summed E-state index contributed by atoms with van der Waals surface area (Å²) in [5, 5.41) is 12.8. The molecule has 3 atom stereocenters. The van der Waals surface area contributed by atoms with Gasteiger partial charge >= 0.3 is 0 Å². The summed E-state index contributed by atoms with van der Waals surface area (Å²) in [6.07, 6.45) is 12.1. The molecule has 5 rings (SSSR count). The number of ether oxygens (including phenoxy) is 2. The van der Waals surface area contributed by atoms with Gasteiger partial charge in [0.05, 0.1) is 17.8 Å². The van der Waals surface area contributed by atoms with E-state index >= 15 is 0 Å². The van der Waals surface area contributed by atoms with E-state index in [1.165, 1.54) is 42.5 Å². The Morgan fingerprint density at radius 2 is 1.88 bits per heavy atom. The molecule has 1 spiro atoms. The lowest BCUT2D eigenvalue weighted by atomic mass is 9.68. The number of nitriles is 1. The number of aromatic nitrogens is 1. The van der Waals surface area contributed by atoms with Crippen LogP contribution < -0.4 is 5.32 Å². The lowest BCUT2D eigenvalue weighted by Crippen LogP contribution is -2.47. The van der Waals surface area contributed by atoms with Gasteiger partial charge in [-0.25, -0.2) is 0 Å². The monoisotopic (exact) mass is 445 g/mol. The van der Waals surface area contributed by atoms with E-state index in [0.717, 1.165) is 45.3 Å². The van der Waals surface area contributed by atoms with Gasteiger partial charge in [0, 0.05) is 30.0 Å². The molecule has 33 heavy (non-hydrogen) atoms. The van der Waals surface area contributed by atoms with Gasteiger partial charge in [0.25, 0.3) is 0 Å². The molecular weight excluding hydrogens is 410 g/mol. The zero-order chi connectivity index (χ0) is 22.6. The van der Waals surface area contributed by atoms with Gasteiger partial charge in [0.15, 0.2) is 0 Å². The Hall–Kier alpha value is -2.26. The topological polar surface area (TPSA) is 67.2 Å². The van der Waals surface area contributed by atoms with Crippen molar-refractivity contribution in [2.45, 2.75) is 80.9 Å².